The second-order valence-electron chi connectivity index (χ2n) is 17.6. The summed E-state index contributed by atoms with van der Waals surface area (Å²) >= 11 is 0. The Balaban J connectivity index is 0.966. The molecule has 9 aliphatic carbocycles. The van der Waals surface area contributed by atoms with Crippen molar-refractivity contribution < 1.29 is 9.53 Å². The van der Waals surface area contributed by atoms with Gasteiger partial charge in [0, 0.05) is 46.0 Å². The molecular formula is C49H37N3O2. The summed E-state index contributed by atoms with van der Waals surface area (Å²) in [7, 11) is 0. The zero-order valence-electron chi connectivity index (χ0n) is 30.1. The zero-order valence-corrected chi connectivity index (χ0v) is 30.1. The van der Waals surface area contributed by atoms with Gasteiger partial charge in [0.25, 0.3) is 0 Å². The number of carbonyl (C=O) groups is 1. The molecule has 5 atom stereocenters. The Labute approximate surface area is 312 Å². The molecule has 54 heavy (non-hydrogen) atoms. The van der Waals surface area contributed by atoms with Crippen LogP contribution in [0.25, 0.3) is 66.1 Å². The molecule has 5 heteroatoms. The average molecular weight is 700 g/mol. The molecule has 0 amide bonds. The van der Waals surface area contributed by atoms with E-state index in [-0.39, 0.29) is 22.2 Å². The van der Waals surface area contributed by atoms with E-state index in [4.69, 9.17) is 10.3 Å². The lowest BCUT2D eigenvalue weighted by Crippen LogP contribution is -2.25. The summed E-state index contributed by atoms with van der Waals surface area (Å²) in [5.74, 6) is 0.769. The molecule has 260 valence electrons. The molecule has 0 bridgehead atoms. The highest BCUT2D eigenvalue weighted by Crippen LogP contribution is 2.91. The summed E-state index contributed by atoms with van der Waals surface area (Å²) in [5, 5.41) is 13.1. The fraction of sp³-hybridized carbons (Fsp3) is 0.327. The summed E-state index contributed by atoms with van der Waals surface area (Å²) in [6.07, 6.45) is 23.4. The maximum Gasteiger partial charge on any atom is 0.305 e. The van der Waals surface area contributed by atoms with E-state index < -0.39 is 0 Å². The molecule has 5 unspecified atom stereocenters. The Morgan fingerprint density at radius 1 is 0.833 bits per heavy atom. The first-order valence-corrected chi connectivity index (χ1v) is 20.3. The van der Waals surface area contributed by atoms with Crippen LogP contribution in [0.1, 0.15) is 112 Å². The average Bonchev–Trinajstić information content (AvgIpc) is 3.69. The van der Waals surface area contributed by atoms with Crippen LogP contribution in [0.3, 0.4) is 0 Å². The summed E-state index contributed by atoms with van der Waals surface area (Å²) in [5.41, 5.74) is 28.0. The molecule has 0 radical (unpaired) electrons. The molecule has 0 aromatic heterocycles. The lowest BCUT2D eigenvalue weighted by Gasteiger charge is -2.32. The Bertz CT molecular complexity index is 2940. The van der Waals surface area contributed by atoms with Crippen LogP contribution in [-0.4, -0.2) is 19.1 Å². The van der Waals surface area contributed by atoms with Crippen LogP contribution in [0.5, 0.6) is 0 Å². The van der Waals surface area contributed by atoms with E-state index in [2.05, 4.69) is 88.9 Å². The number of ether oxygens (including phenoxy) is 1. The van der Waals surface area contributed by atoms with Gasteiger partial charge in [0.05, 0.1) is 6.61 Å². The number of benzene rings is 5. The van der Waals surface area contributed by atoms with Gasteiger partial charge in [-0.25, -0.2) is 0 Å². The van der Waals surface area contributed by atoms with Gasteiger partial charge in [-0.1, -0.05) is 96.9 Å². The number of hydrogen-bond donors (Lipinski definition) is 0. The van der Waals surface area contributed by atoms with Crippen molar-refractivity contribution in [2.75, 3.05) is 13.2 Å². The highest BCUT2D eigenvalue weighted by atomic mass is 16.5. The first-order chi connectivity index (χ1) is 26.6. The van der Waals surface area contributed by atoms with Crippen LogP contribution in [0.2, 0.25) is 0 Å². The molecule has 5 aromatic rings. The topological polar surface area (TPSA) is 75.1 Å². The van der Waals surface area contributed by atoms with Gasteiger partial charge in [-0.2, -0.15) is 0 Å². The molecule has 9 aliphatic rings. The molecule has 0 aliphatic heterocycles. The smallest absolute Gasteiger partial charge is 0.305 e. The number of carbonyl (C=O) groups excluding carboxylic acids is 1. The second-order valence-corrected chi connectivity index (χ2v) is 17.6. The summed E-state index contributed by atoms with van der Waals surface area (Å²) in [6.45, 7) is 0.990. The van der Waals surface area contributed by atoms with Crippen molar-refractivity contribution >= 4 is 61.6 Å². The van der Waals surface area contributed by atoms with Crippen LogP contribution in [0.4, 0.5) is 0 Å². The van der Waals surface area contributed by atoms with Gasteiger partial charge in [-0.3, -0.25) is 4.79 Å². The predicted octanol–water partition coefficient (Wildman–Crippen LogP) is 11.3. The van der Waals surface area contributed by atoms with Crippen molar-refractivity contribution in [1.82, 2.24) is 0 Å². The molecule has 0 heterocycles. The lowest BCUT2D eigenvalue weighted by atomic mass is 9.70. The number of allylic oxidation sites excluding steroid dienone is 6. The quantitative estimate of drug-likeness (QED) is 0.0325. The summed E-state index contributed by atoms with van der Waals surface area (Å²) < 4.78 is 5.81. The number of hydrogen-bond acceptors (Lipinski definition) is 3. The Morgan fingerprint density at radius 2 is 1.63 bits per heavy atom. The fourth-order valence-electron chi connectivity index (χ4n) is 14.5. The number of azide groups is 1. The third-order valence-electron chi connectivity index (χ3n) is 15.8. The first-order valence-electron chi connectivity index (χ1n) is 20.3. The van der Waals surface area contributed by atoms with Crippen LogP contribution in [0.15, 0.2) is 71.9 Å². The third kappa shape index (κ3) is 2.79. The van der Waals surface area contributed by atoms with Crippen molar-refractivity contribution in [1.29, 1.82) is 0 Å². The Morgan fingerprint density at radius 3 is 2.52 bits per heavy atom. The molecule has 0 saturated heterocycles. The fourth-order valence-corrected chi connectivity index (χ4v) is 14.5. The van der Waals surface area contributed by atoms with Crippen LogP contribution < -0.4 is 0 Å². The van der Waals surface area contributed by atoms with E-state index in [0.29, 0.717) is 31.4 Å². The van der Waals surface area contributed by atoms with Gasteiger partial charge in [0.15, 0.2) is 0 Å². The van der Waals surface area contributed by atoms with Crippen LogP contribution in [-0.2, 0) is 33.2 Å². The van der Waals surface area contributed by atoms with Gasteiger partial charge < -0.3 is 4.74 Å². The van der Waals surface area contributed by atoms with E-state index in [1.807, 2.05) is 0 Å². The molecule has 1 saturated carbocycles. The molecular weight excluding hydrogens is 663 g/mol. The number of rotatable bonds is 12. The summed E-state index contributed by atoms with van der Waals surface area (Å²) in [4.78, 5) is 16.2. The van der Waals surface area contributed by atoms with E-state index in [1.165, 1.54) is 33.4 Å². The highest BCUT2D eigenvalue weighted by Gasteiger charge is 2.89. The number of esters is 1. The molecule has 14 rings (SSSR count). The normalized spacial score (nSPS) is 28.1. The highest BCUT2D eigenvalue weighted by molar-refractivity contribution is 6.35. The standard InChI is InChI=1S/C49H37N3O2/c50-52-51-17-6-1-2-7-18-54-33(53)11-8-15-48(32-9-4-3-5-10-32)47-16-14-27-21-30-22-28-19-25-12-13-26-20-29-23-31(24-47)39-38(29)41-35(26)34(25)40-36(28)37(30)43-44(42(40)41)46(39)49(47,48)45(27)43/h3-5,9-10,12-14,16,19-21,24-25,34H,1-2,6-8,11,15,17-18,22-23H2. The monoisotopic (exact) mass is 699 g/mol. The van der Waals surface area contributed by atoms with Crippen molar-refractivity contribution in [3.8, 4) is 0 Å². The Hall–Kier alpha value is -5.38. The van der Waals surface area contributed by atoms with Crippen molar-refractivity contribution in [3.63, 3.8) is 0 Å². The van der Waals surface area contributed by atoms with Gasteiger partial charge in [0.2, 0.25) is 0 Å². The number of nitrogens with zero attached hydrogens (tertiary/aromatic N) is 3. The minimum absolute atomic E-state index is 0.0855. The maximum absolute atomic E-state index is 13.3. The molecule has 1 spiro atoms. The van der Waals surface area contributed by atoms with Gasteiger partial charge in [0.1, 0.15) is 0 Å². The number of unbranched alkanes of at least 4 members (excludes halogenated alkanes) is 3. The Kier molecular flexibility index (Phi) is 4.99. The van der Waals surface area contributed by atoms with E-state index >= 15 is 0 Å². The van der Waals surface area contributed by atoms with Crippen LogP contribution >= 0.6 is 0 Å². The lowest BCUT2D eigenvalue weighted by molar-refractivity contribution is -0.143. The van der Waals surface area contributed by atoms with Crippen molar-refractivity contribution in [2.24, 2.45) is 16.4 Å². The van der Waals surface area contributed by atoms with Gasteiger partial charge >= 0.3 is 5.97 Å². The van der Waals surface area contributed by atoms with E-state index in [9.17, 15) is 4.79 Å². The predicted molar refractivity (Wildman–Crippen MR) is 214 cm³/mol. The van der Waals surface area contributed by atoms with E-state index in [1.54, 1.807) is 71.3 Å². The van der Waals surface area contributed by atoms with Crippen molar-refractivity contribution in [2.45, 2.75) is 74.5 Å². The zero-order chi connectivity index (χ0) is 35.3. The van der Waals surface area contributed by atoms with Gasteiger partial charge in [-0.15, -0.1) is 0 Å². The van der Waals surface area contributed by atoms with E-state index in [0.717, 1.165) is 51.4 Å². The van der Waals surface area contributed by atoms with Crippen molar-refractivity contribution in [3.05, 3.63) is 138 Å². The third-order valence-corrected chi connectivity index (χ3v) is 15.8. The molecule has 1 fully saturated rings. The first kappa shape index (κ1) is 29.0. The largest absolute Gasteiger partial charge is 0.466 e. The maximum atomic E-state index is 13.3. The second kappa shape index (κ2) is 9.28. The molecule has 5 nitrogen and oxygen atoms in total. The summed E-state index contributed by atoms with van der Waals surface area (Å²) in [6, 6.07) is 16.6. The molecule has 5 aromatic carbocycles. The molecule has 0 N–H and O–H groups in total. The van der Waals surface area contributed by atoms with Crippen LogP contribution in [0, 0.1) is 11.3 Å². The SMILES string of the molecule is [N-]=[N+]=NCCCCCCOC(=O)CCCC1(c2ccccc2)C23C=Cc4cc5c6c7c8c9c%10c%11c(cc%12c%10c(c%10c9c6c4C%1021)C(=C3)C%12)C=CC(C=C7C5)C%118. The van der Waals surface area contributed by atoms with Gasteiger partial charge in [-0.05, 0) is 149 Å². The minimum atomic E-state index is -0.210. The minimum Gasteiger partial charge on any atom is -0.466 e.